The molecule has 0 unspecified atom stereocenters. The molecule has 1 nitrogen and oxygen atoms in total. The molecule has 0 aromatic heterocycles. The third-order valence-corrected chi connectivity index (χ3v) is 12.4. The zero-order valence-corrected chi connectivity index (χ0v) is 14.2. The minimum absolute atomic E-state index is 0.00113. The second-order valence-electron chi connectivity index (χ2n) is 7.42. The van der Waals surface area contributed by atoms with Gasteiger partial charge in [-0.3, -0.25) is 0 Å². The monoisotopic (exact) mass is 320 g/mol. The third-order valence-electron chi connectivity index (χ3n) is 4.15. The predicted molar refractivity (Wildman–Crippen MR) is 69.9 cm³/mol. The van der Waals surface area contributed by atoms with Crippen molar-refractivity contribution in [2.45, 2.75) is 64.9 Å². The number of aliphatic hydroxyl groups is 1. The van der Waals surface area contributed by atoms with E-state index in [0.29, 0.717) is 9.35 Å². The van der Waals surface area contributed by atoms with E-state index in [1.807, 2.05) is 0 Å². The van der Waals surface area contributed by atoms with Crippen molar-refractivity contribution in [1.82, 2.24) is 0 Å². The van der Waals surface area contributed by atoms with Gasteiger partial charge in [0.15, 0.2) is 0 Å². The van der Waals surface area contributed by atoms with Crippen molar-refractivity contribution < 1.29 is 5.11 Å². The van der Waals surface area contributed by atoms with Crippen LogP contribution in [0.5, 0.6) is 0 Å². The molecule has 1 aliphatic carbocycles. The molecule has 2 heteroatoms. The molecule has 3 atom stereocenters. The Kier molecular flexibility index (Phi) is 4.20. The standard InChI is InChI=1S/C10H19O.3CH3.Sn/c1-10(2,3)8-5-4-6-9(11)7-8;;;;/h6,8-9,11H,4-5,7H2,1-3H3;3*1H3;/t8-,9-;;;;/m0..../s1. The first-order chi connectivity index (χ1) is 6.62. The number of rotatable bonds is 1. The first-order valence-electron chi connectivity index (χ1n) is 6.30. The fourth-order valence-electron chi connectivity index (χ4n) is 2.94. The Morgan fingerprint density at radius 2 is 1.60 bits per heavy atom. The average molecular weight is 319 g/mol. The van der Waals surface area contributed by atoms with E-state index in [-0.39, 0.29) is 6.10 Å². The molecule has 0 radical (unpaired) electrons. The summed E-state index contributed by atoms with van der Waals surface area (Å²) in [4.78, 5) is 7.37. The number of hydrogen-bond acceptors (Lipinski definition) is 1. The van der Waals surface area contributed by atoms with Crippen molar-refractivity contribution in [2.75, 3.05) is 0 Å². The molecule has 1 aliphatic rings. The van der Waals surface area contributed by atoms with Gasteiger partial charge in [-0.15, -0.1) is 0 Å². The van der Waals surface area contributed by atoms with Crippen molar-refractivity contribution >= 4 is 18.4 Å². The van der Waals surface area contributed by atoms with Crippen molar-refractivity contribution in [2.24, 2.45) is 11.3 Å². The molecular formula is C13H28OSn. The SMILES string of the molecule is CC(C)(C)[C@H]1CC[C@@H]([Sn]([CH3])([CH3])[CH3])[C@H](O)C1. The summed E-state index contributed by atoms with van der Waals surface area (Å²) in [7, 11) is 0. The molecule has 0 aromatic rings. The van der Waals surface area contributed by atoms with E-state index in [9.17, 15) is 5.11 Å². The molecule has 0 aromatic carbocycles. The summed E-state index contributed by atoms with van der Waals surface area (Å²) in [5.41, 5.74) is 0.374. The second kappa shape index (κ2) is 4.56. The van der Waals surface area contributed by atoms with E-state index in [0.717, 1.165) is 12.3 Å². The van der Waals surface area contributed by atoms with Gasteiger partial charge in [-0.25, -0.2) is 0 Å². The maximum absolute atomic E-state index is 10.3. The van der Waals surface area contributed by atoms with Crippen LogP contribution in [0.25, 0.3) is 0 Å². The summed E-state index contributed by atoms with van der Waals surface area (Å²) in [5.74, 6) is 0.720. The molecule has 0 saturated heterocycles. The van der Waals surface area contributed by atoms with Gasteiger partial charge in [-0.1, -0.05) is 0 Å². The van der Waals surface area contributed by atoms with Crippen LogP contribution in [0, 0.1) is 11.3 Å². The van der Waals surface area contributed by atoms with E-state index in [4.69, 9.17) is 0 Å². The summed E-state index contributed by atoms with van der Waals surface area (Å²) in [5, 5.41) is 10.3. The topological polar surface area (TPSA) is 20.2 Å². The van der Waals surface area contributed by atoms with Gasteiger partial charge in [-0.2, -0.15) is 0 Å². The van der Waals surface area contributed by atoms with E-state index in [1.54, 1.807) is 0 Å². The molecule has 90 valence electrons. The molecule has 15 heavy (non-hydrogen) atoms. The molecule has 1 rings (SSSR count). The van der Waals surface area contributed by atoms with Crippen LogP contribution in [0.3, 0.4) is 0 Å². The molecule has 1 fully saturated rings. The summed E-state index contributed by atoms with van der Waals surface area (Å²) in [6.45, 7) is 6.93. The fourth-order valence-corrected chi connectivity index (χ4v) is 9.57. The molecule has 0 aliphatic heterocycles. The second-order valence-corrected chi connectivity index (χ2v) is 23.0. The normalized spacial score (nSPS) is 34.2. The summed E-state index contributed by atoms with van der Waals surface area (Å²) in [6.07, 6.45) is 3.66. The van der Waals surface area contributed by atoms with Crippen LogP contribution in [-0.2, 0) is 0 Å². The van der Waals surface area contributed by atoms with Gasteiger partial charge in [0.2, 0.25) is 0 Å². The van der Waals surface area contributed by atoms with Crippen LogP contribution in [0.15, 0.2) is 0 Å². The summed E-state index contributed by atoms with van der Waals surface area (Å²) in [6, 6.07) is 0. The molecule has 0 amide bonds. The molecule has 0 spiro atoms. The number of aliphatic hydroxyl groups excluding tert-OH is 1. The first-order valence-corrected chi connectivity index (χ1v) is 16.5. The summed E-state index contributed by atoms with van der Waals surface area (Å²) >= 11 is -1.88. The van der Waals surface area contributed by atoms with Gasteiger partial charge in [0.1, 0.15) is 0 Å². The van der Waals surface area contributed by atoms with E-state index in [2.05, 4.69) is 35.6 Å². The molecule has 0 bridgehead atoms. The van der Waals surface area contributed by atoms with Crippen molar-refractivity contribution in [3.05, 3.63) is 0 Å². The molecule has 1 N–H and O–H groups in total. The molecule has 0 heterocycles. The average Bonchev–Trinajstić information content (AvgIpc) is 1.99. The third kappa shape index (κ3) is 3.62. The Morgan fingerprint density at radius 1 is 1.07 bits per heavy atom. The van der Waals surface area contributed by atoms with E-state index < -0.39 is 18.4 Å². The summed E-state index contributed by atoms with van der Waals surface area (Å²) < 4.78 is 0.692. The van der Waals surface area contributed by atoms with Crippen molar-refractivity contribution in [1.29, 1.82) is 0 Å². The Morgan fingerprint density at radius 3 is 1.93 bits per heavy atom. The Hall–Kier alpha value is 0.759. The van der Waals surface area contributed by atoms with E-state index >= 15 is 0 Å². The fraction of sp³-hybridized carbons (Fsp3) is 1.00. The zero-order chi connectivity index (χ0) is 11.9. The first kappa shape index (κ1) is 13.8. The van der Waals surface area contributed by atoms with Crippen LogP contribution >= 0.6 is 0 Å². The Balaban J connectivity index is 2.64. The molecular weight excluding hydrogens is 291 g/mol. The van der Waals surface area contributed by atoms with Crippen LogP contribution in [0.1, 0.15) is 40.0 Å². The van der Waals surface area contributed by atoms with Gasteiger partial charge >= 0.3 is 99.7 Å². The Labute approximate surface area is 99.5 Å². The van der Waals surface area contributed by atoms with Gasteiger partial charge < -0.3 is 0 Å². The maximum atomic E-state index is 10.3. The zero-order valence-electron chi connectivity index (χ0n) is 11.3. The van der Waals surface area contributed by atoms with Gasteiger partial charge in [0.05, 0.1) is 0 Å². The van der Waals surface area contributed by atoms with Gasteiger partial charge in [-0.05, 0) is 0 Å². The van der Waals surface area contributed by atoms with Crippen LogP contribution in [-0.4, -0.2) is 29.6 Å². The minimum atomic E-state index is -1.88. The van der Waals surface area contributed by atoms with Gasteiger partial charge in [0.25, 0.3) is 0 Å². The quantitative estimate of drug-likeness (QED) is 0.727. The molecule has 1 saturated carbocycles. The Bertz CT molecular complexity index is 212. The predicted octanol–water partition coefficient (Wildman–Crippen LogP) is 3.90. The van der Waals surface area contributed by atoms with Crippen molar-refractivity contribution in [3.63, 3.8) is 0 Å². The van der Waals surface area contributed by atoms with E-state index in [1.165, 1.54) is 12.8 Å². The van der Waals surface area contributed by atoms with Crippen LogP contribution in [0.2, 0.25) is 18.8 Å². The van der Waals surface area contributed by atoms with Crippen molar-refractivity contribution in [3.8, 4) is 0 Å². The van der Waals surface area contributed by atoms with Crippen LogP contribution in [0.4, 0.5) is 0 Å². The van der Waals surface area contributed by atoms with Crippen LogP contribution < -0.4 is 0 Å². The number of hydrogen-bond donors (Lipinski definition) is 1. The van der Waals surface area contributed by atoms with Gasteiger partial charge in [0, 0.05) is 0 Å².